The summed E-state index contributed by atoms with van der Waals surface area (Å²) in [6.45, 7) is 1.31. The molecule has 21 heavy (non-hydrogen) atoms. The highest BCUT2D eigenvalue weighted by Crippen LogP contribution is 2.18. The smallest absolute Gasteiger partial charge is 0.109 e. The van der Waals surface area contributed by atoms with Crippen LogP contribution in [-0.4, -0.2) is 76.0 Å². The van der Waals surface area contributed by atoms with E-state index in [0.29, 0.717) is 19.8 Å². The summed E-state index contributed by atoms with van der Waals surface area (Å²) in [5.74, 6) is 0. The second kappa shape index (κ2) is 7.84. The van der Waals surface area contributed by atoms with E-state index in [9.17, 15) is 20.4 Å². The number of piperidine rings is 1. The number of hydrogen-bond donors (Lipinski definition) is 4. The van der Waals surface area contributed by atoms with Crippen LogP contribution in [0, 0.1) is 0 Å². The molecule has 118 valence electrons. The molecule has 0 spiro atoms. The first-order valence-corrected chi connectivity index (χ1v) is 7.14. The van der Waals surface area contributed by atoms with Crippen molar-refractivity contribution in [2.24, 2.45) is 0 Å². The van der Waals surface area contributed by atoms with E-state index in [1.54, 1.807) is 4.90 Å². The Balaban J connectivity index is 1.78. The molecule has 0 aromatic heterocycles. The standard InChI is InChI=1S/C15H23NO5/c17-9-12-14(19)15(20)13(18)8-16(12)6-7-21-10-11-4-2-1-3-5-11/h1-5,12-15,17-20H,6-10H2/t12-,13-,14+,15+/m0/s1. The first-order valence-electron chi connectivity index (χ1n) is 7.14. The molecule has 0 amide bonds. The van der Waals surface area contributed by atoms with Crippen molar-refractivity contribution in [2.75, 3.05) is 26.3 Å². The molecular weight excluding hydrogens is 274 g/mol. The fourth-order valence-corrected chi connectivity index (χ4v) is 2.58. The molecule has 6 nitrogen and oxygen atoms in total. The lowest BCUT2D eigenvalue weighted by Gasteiger charge is -2.43. The molecule has 1 fully saturated rings. The quantitative estimate of drug-likeness (QED) is 0.501. The Labute approximate surface area is 124 Å². The highest BCUT2D eigenvalue weighted by Gasteiger charge is 2.40. The number of nitrogens with zero attached hydrogens (tertiary/aromatic N) is 1. The van der Waals surface area contributed by atoms with E-state index in [1.807, 2.05) is 30.3 Å². The van der Waals surface area contributed by atoms with Crippen LogP contribution in [0.3, 0.4) is 0 Å². The van der Waals surface area contributed by atoms with E-state index >= 15 is 0 Å². The van der Waals surface area contributed by atoms with Gasteiger partial charge in [-0.1, -0.05) is 30.3 Å². The Morgan fingerprint density at radius 3 is 2.48 bits per heavy atom. The van der Waals surface area contributed by atoms with Crippen LogP contribution in [-0.2, 0) is 11.3 Å². The summed E-state index contributed by atoms with van der Waals surface area (Å²) in [7, 11) is 0. The van der Waals surface area contributed by atoms with Gasteiger partial charge in [0.05, 0.1) is 32.0 Å². The van der Waals surface area contributed by atoms with E-state index in [2.05, 4.69) is 0 Å². The highest BCUT2D eigenvalue weighted by atomic mass is 16.5. The number of β-amino-alcohol motifs (C(OH)–C–C–N with tert-alkyl or cyclic N) is 1. The van der Waals surface area contributed by atoms with Crippen molar-refractivity contribution in [1.29, 1.82) is 0 Å². The summed E-state index contributed by atoms with van der Waals surface area (Å²) < 4.78 is 5.56. The molecule has 0 unspecified atom stereocenters. The van der Waals surface area contributed by atoms with Crippen LogP contribution in [0.15, 0.2) is 30.3 Å². The van der Waals surface area contributed by atoms with Gasteiger partial charge in [0, 0.05) is 13.1 Å². The van der Waals surface area contributed by atoms with Gasteiger partial charge >= 0.3 is 0 Å². The van der Waals surface area contributed by atoms with E-state index in [-0.39, 0.29) is 13.2 Å². The molecule has 6 heteroatoms. The molecule has 1 aromatic rings. The molecule has 0 radical (unpaired) electrons. The van der Waals surface area contributed by atoms with Gasteiger partial charge in [0.25, 0.3) is 0 Å². The monoisotopic (exact) mass is 297 g/mol. The molecular formula is C15H23NO5. The topological polar surface area (TPSA) is 93.4 Å². The molecule has 1 aliphatic rings. The second-order valence-electron chi connectivity index (χ2n) is 5.33. The van der Waals surface area contributed by atoms with E-state index in [1.165, 1.54) is 0 Å². The molecule has 1 saturated heterocycles. The summed E-state index contributed by atoms with van der Waals surface area (Å²) >= 11 is 0. The van der Waals surface area contributed by atoms with Crippen LogP contribution in [0.2, 0.25) is 0 Å². The molecule has 4 atom stereocenters. The van der Waals surface area contributed by atoms with Crippen LogP contribution in [0.4, 0.5) is 0 Å². The molecule has 4 N–H and O–H groups in total. The summed E-state index contributed by atoms with van der Waals surface area (Å²) in [6.07, 6.45) is -3.39. The van der Waals surface area contributed by atoms with Crippen LogP contribution in [0.5, 0.6) is 0 Å². The second-order valence-corrected chi connectivity index (χ2v) is 5.33. The van der Waals surface area contributed by atoms with Crippen molar-refractivity contribution in [3.05, 3.63) is 35.9 Å². The first kappa shape index (κ1) is 16.4. The Morgan fingerprint density at radius 1 is 1.10 bits per heavy atom. The number of aliphatic hydroxyl groups is 4. The molecule has 0 saturated carbocycles. The van der Waals surface area contributed by atoms with Gasteiger partial charge in [-0.15, -0.1) is 0 Å². The predicted molar refractivity (Wildman–Crippen MR) is 76.6 cm³/mol. The zero-order chi connectivity index (χ0) is 15.2. The maximum atomic E-state index is 9.86. The summed E-state index contributed by atoms with van der Waals surface area (Å²) in [4.78, 5) is 1.74. The van der Waals surface area contributed by atoms with Gasteiger partial charge in [-0.25, -0.2) is 0 Å². The van der Waals surface area contributed by atoms with Gasteiger partial charge in [-0.3, -0.25) is 4.90 Å². The van der Waals surface area contributed by atoms with Gasteiger partial charge in [0.1, 0.15) is 12.2 Å². The average molecular weight is 297 g/mol. The highest BCUT2D eigenvalue weighted by molar-refractivity contribution is 5.13. The van der Waals surface area contributed by atoms with Crippen molar-refractivity contribution in [1.82, 2.24) is 4.90 Å². The third-order valence-electron chi connectivity index (χ3n) is 3.85. The van der Waals surface area contributed by atoms with Crippen molar-refractivity contribution < 1.29 is 25.2 Å². The molecule has 1 aromatic carbocycles. The fourth-order valence-electron chi connectivity index (χ4n) is 2.58. The number of hydrogen-bond acceptors (Lipinski definition) is 6. The van der Waals surface area contributed by atoms with Gasteiger partial charge in [0.2, 0.25) is 0 Å². The van der Waals surface area contributed by atoms with Crippen LogP contribution in [0.25, 0.3) is 0 Å². The zero-order valence-corrected chi connectivity index (χ0v) is 11.9. The molecule has 2 rings (SSSR count). The summed E-state index contributed by atoms with van der Waals surface area (Å²) in [6, 6.07) is 9.20. The van der Waals surface area contributed by atoms with Crippen LogP contribution in [0.1, 0.15) is 5.56 Å². The average Bonchev–Trinajstić information content (AvgIpc) is 2.50. The minimum Gasteiger partial charge on any atom is -0.395 e. The Bertz CT molecular complexity index is 416. The SMILES string of the molecule is OC[C@H]1[C@@H](O)[C@H](O)[C@@H](O)CN1CCOCc1ccccc1. The maximum absolute atomic E-state index is 9.86. The lowest BCUT2D eigenvalue weighted by Crippen LogP contribution is -2.62. The Morgan fingerprint density at radius 2 is 1.81 bits per heavy atom. The van der Waals surface area contributed by atoms with Gasteiger partial charge in [0.15, 0.2) is 0 Å². The molecule has 0 bridgehead atoms. The lowest BCUT2D eigenvalue weighted by molar-refractivity contribution is -0.147. The van der Waals surface area contributed by atoms with Crippen molar-refractivity contribution in [2.45, 2.75) is 31.0 Å². The van der Waals surface area contributed by atoms with Gasteiger partial charge in [-0.2, -0.15) is 0 Å². The van der Waals surface area contributed by atoms with Gasteiger partial charge < -0.3 is 25.2 Å². The summed E-state index contributed by atoms with van der Waals surface area (Å²) in [5.41, 5.74) is 1.07. The van der Waals surface area contributed by atoms with Crippen LogP contribution < -0.4 is 0 Å². The molecule has 0 aliphatic carbocycles. The minimum atomic E-state index is -1.22. The molecule has 1 aliphatic heterocycles. The zero-order valence-electron chi connectivity index (χ0n) is 11.9. The normalized spacial score (nSPS) is 30.5. The summed E-state index contributed by atoms with van der Waals surface area (Å²) in [5, 5.41) is 38.5. The minimum absolute atomic E-state index is 0.206. The lowest BCUT2D eigenvalue weighted by atomic mass is 9.94. The maximum Gasteiger partial charge on any atom is 0.109 e. The van der Waals surface area contributed by atoms with Crippen molar-refractivity contribution in [3.8, 4) is 0 Å². The number of aliphatic hydroxyl groups excluding tert-OH is 4. The third-order valence-corrected chi connectivity index (χ3v) is 3.85. The van der Waals surface area contributed by atoms with E-state index in [4.69, 9.17) is 4.74 Å². The number of likely N-dealkylation sites (tertiary alicyclic amines) is 1. The van der Waals surface area contributed by atoms with Crippen molar-refractivity contribution in [3.63, 3.8) is 0 Å². The van der Waals surface area contributed by atoms with Crippen molar-refractivity contribution >= 4 is 0 Å². The molecule has 1 heterocycles. The number of benzene rings is 1. The largest absolute Gasteiger partial charge is 0.395 e. The van der Waals surface area contributed by atoms with Crippen LogP contribution >= 0.6 is 0 Å². The Kier molecular flexibility index (Phi) is 6.10. The van der Waals surface area contributed by atoms with Gasteiger partial charge in [-0.05, 0) is 5.56 Å². The number of ether oxygens (including phenoxy) is 1. The first-order chi connectivity index (χ1) is 10.1. The fraction of sp³-hybridized carbons (Fsp3) is 0.600. The number of rotatable bonds is 6. The third kappa shape index (κ3) is 4.23. The van der Waals surface area contributed by atoms with E-state index < -0.39 is 24.4 Å². The predicted octanol–water partition coefficient (Wildman–Crippen LogP) is -1.04. The Hall–Kier alpha value is -1.02. The van der Waals surface area contributed by atoms with E-state index in [0.717, 1.165) is 5.56 Å².